The SMILES string of the molecule is COC(=O)c1ccc(CNc2ccc(C)c(Br)c2)o1. The number of rotatable bonds is 4. The maximum absolute atomic E-state index is 11.2. The Hall–Kier alpha value is -1.75. The number of nitrogens with one attached hydrogen (secondary N) is 1. The molecular formula is C14H14BrNO3. The maximum Gasteiger partial charge on any atom is 0.373 e. The molecule has 2 rings (SSSR count). The topological polar surface area (TPSA) is 51.5 Å². The van der Waals surface area contributed by atoms with E-state index < -0.39 is 5.97 Å². The molecular weight excluding hydrogens is 310 g/mol. The monoisotopic (exact) mass is 323 g/mol. The molecule has 1 N–H and O–H groups in total. The van der Waals surface area contributed by atoms with Crippen molar-refractivity contribution in [1.82, 2.24) is 0 Å². The van der Waals surface area contributed by atoms with E-state index in [0.717, 1.165) is 10.2 Å². The van der Waals surface area contributed by atoms with Crippen LogP contribution in [0.5, 0.6) is 0 Å². The van der Waals surface area contributed by atoms with Crippen LogP contribution < -0.4 is 5.32 Å². The zero-order valence-corrected chi connectivity index (χ0v) is 12.3. The zero-order valence-electron chi connectivity index (χ0n) is 10.7. The Kier molecular flexibility index (Phi) is 4.27. The van der Waals surface area contributed by atoms with Crippen molar-refractivity contribution in [2.24, 2.45) is 0 Å². The second-order valence-corrected chi connectivity index (χ2v) is 4.93. The van der Waals surface area contributed by atoms with E-state index in [1.54, 1.807) is 12.1 Å². The van der Waals surface area contributed by atoms with E-state index in [0.29, 0.717) is 12.3 Å². The van der Waals surface area contributed by atoms with Gasteiger partial charge < -0.3 is 14.5 Å². The Labute approximate surface area is 119 Å². The van der Waals surface area contributed by atoms with Gasteiger partial charge >= 0.3 is 5.97 Å². The number of carbonyl (C=O) groups excluding carboxylic acids is 1. The van der Waals surface area contributed by atoms with Crippen molar-refractivity contribution in [3.63, 3.8) is 0 Å². The number of anilines is 1. The van der Waals surface area contributed by atoms with Gasteiger partial charge in [0.1, 0.15) is 5.76 Å². The van der Waals surface area contributed by atoms with Crippen LogP contribution in [-0.2, 0) is 11.3 Å². The van der Waals surface area contributed by atoms with Crippen molar-refractivity contribution in [3.8, 4) is 0 Å². The van der Waals surface area contributed by atoms with Crippen LogP contribution in [0.1, 0.15) is 21.9 Å². The Morgan fingerprint density at radius 1 is 1.37 bits per heavy atom. The van der Waals surface area contributed by atoms with E-state index in [1.165, 1.54) is 12.7 Å². The van der Waals surface area contributed by atoms with Gasteiger partial charge in [-0.25, -0.2) is 4.79 Å². The summed E-state index contributed by atoms with van der Waals surface area (Å²) in [6.45, 7) is 2.54. The molecule has 0 saturated heterocycles. The van der Waals surface area contributed by atoms with E-state index in [1.807, 2.05) is 25.1 Å². The summed E-state index contributed by atoms with van der Waals surface area (Å²) in [5.74, 6) is 0.422. The molecule has 5 heteroatoms. The average molecular weight is 324 g/mol. The summed E-state index contributed by atoms with van der Waals surface area (Å²) >= 11 is 3.48. The van der Waals surface area contributed by atoms with Gasteiger partial charge in [-0.3, -0.25) is 0 Å². The number of esters is 1. The van der Waals surface area contributed by atoms with E-state index in [4.69, 9.17) is 4.42 Å². The molecule has 19 heavy (non-hydrogen) atoms. The van der Waals surface area contributed by atoms with Crippen LogP contribution >= 0.6 is 15.9 Å². The van der Waals surface area contributed by atoms with Gasteiger partial charge in [0.15, 0.2) is 0 Å². The van der Waals surface area contributed by atoms with Crippen molar-refractivity contribution >= 4 is 27.6 Å². The van der Waals surface area contributed by atoms with Crippen LogP contribution in [-0.4, -0.2) is 13.1 Å². The quantitative estimate of drug-likeness (QED) is 0.870. The Bertz CT molecular complexity index is 592. The van der Waals surface area contributed by atoms with Gasteiger partial charge in [0, 0.05) is 10.2 Å². The molecule has 0 amide bonds. The fraction of sp³-hybridized carbons (Fsp3) is 0.214. The smallest absolute Gasteiger partial charge is 0.373 e. The molecule has 0 fully saturated rings. The van der Waals surface area contributed by atoms with Crippen LogP contribution in [0.15, 0.2) is 39.2 Å². The summed E-state index contributed by atoms with van der Waals surface area (Å²) in [6.07, 6.45) is 0. The fourth-order valence-electron chi connectivity index (χ4n) is 1.58. The lowest BCUT2D eigenvalue weighted by Gasteiger charge is -2.06. The fourth-order valence-corrected chi connectivity index (χ4v) is 1.95. The molecule has 1 aromatic heterocycles. The lowest BCUT2D eigenvalue weighted by molar-refractivity contribution is 0.0563. The number of hydrogen-bond acceptors (Lipinski definition) is 4. The summed E-state index contributed by atoms with van der Waals surface area (Å²) in [5.41, 5.74) is 2.16. The minimum absolute atomic E-state index is 0.212. The first kappa shape index (κ1) is 13.7. The first-order valence-corrected chi connectivity index (χ1v) is 6.56. The predicted molar refractivity (Wildman–Crippen MR) is 76.3 cm³/mol. The summed E-state index contributed by atoms with van der Waals surface area (Å²) in [7, 11) is 1.33. The molecule has 4 nitrogen and oxygen atoms in total. The maximum atomic E-state index is 11.2. The van der Waals surface area contributed by atoms with Gasteiger partial charge in [-0.15, -0.1) is 0 Å². The van der Waals surface area contributed by atoms with Crippen LogP contribution in [0.4, 0.5) is 5.69 Å². The molecule has 0 atom stereocenters. The van der Waals surface area contributed by atoms with Crippen molar-refractivity contribution in [1.29, 1.82) is 0 Å². The van der Waals surface area contributed by atoms with Crippen LogP contribution in [0.2, 0.25) is 0 Å². The molecule has 0 aliphatic rings. The molecule has 0 spiro atoms. The molecule has 0 aliphatic carbocycles. The number of halogens is 1. The van der Waals surface area contributed by atoms with Gasteiger partial charge in [0.25, 0.3) is 0 Å². The van der Waals surface area contributed by atoms with Gasteiger partial charge in [-0.05, 0) is 36.8 Å². The van der Waals surface area contributed by atoms with Crippen LogP contribution in [0.25, 0.3) is 0 Å². The number of aryl methyl sites for hydroxylation is 1. The van der Waals surface area contributed by atoms with Crippen molar-refractivity contribution < 1.29 is 13.9 Å². The van der Waals surface area contributed by atoms with E-state index in [2.05, 4.69) is 26.0 Å². The lowest BCUT2D eigenvalue weighted by Crippen LogP contribution is -2.00. The third-order valence-electron chi connectivity index (χ3n) is 2.69. The molecule has 1 aromatic carbocycles. The normalized spacial score (nSPS) is 10.3. The van der Waals surface area contributed by atoms with Gasteiger partial charge in [-0.2, -0.15) is 0 Å². The highest BCUT2D eigenvalue weighted by Gasteiger charge is 2.10. The van der Waals surface area contributed by atoms with Gasteiger partial charge in [-0.1, -0.05) is 22.0 Å². The molecule has 0 saturated carbocycles. The predicted octanol–water partition coefficient (Wildman–Crippen LogP) is 3.75. The third-order valence-corrected chi connectivity index (χ3v) is 3.54. The molecule has 0 radical (unpaired) electrons. The minimum Gasteiger partial charge on any atom is -0.463 e. The molecule has 0 aliphatic heterocycles. The molecule has 0 bridgehead atoms. The zero-order chi connectivity index (χ0) is 13.8. The summed E-state index contributed by atoms with van der Waals surface area (Å²) in [4.78, 5) is 11.2. The van der Waals surface area contributed by atoms with Crippen molar-refractivity contribution in [2.75, 3.05) is 12.4 Å². The Balaban J connectivity index is 2.00. The van der Waals surface area contributed by atoms with Crippen molar-refractivity contribution in [3.05, 3.63) is 51.9 Å². The van der Waals surface area contributed by atoms with Crippen LogP contribution in [0, 0.1) is 6.92 Å². The summed E-state index contributed by atoms with van der Waals surface area (Å²) < 4.78 is 11.0. The number of benzene rings is 1. The number of carbonyl (C=O) groups is 1. The Morgan fingerprint density at radius 3 is 2.84 bits per heavy atom. The van der Waals surface area contributed by atoms with Crippen molar-refractivity contribution in [2.45, 2.75) is 13.5 Å². The second-order valence-electron chi connectivity index (χ2n) is 4.08. The largest absolute Gasteiger partial charge is 0.463 e. The van der Waals surface area contributed by atoms with E-state index in [-0.39, 0.29) is 5.76 Å². The van der Waals surface area contributed by atoms with E-state index >= 15 is 0 Å². The number of methoxy groups -OCH3 is 1. The number of hydrogen-bond donors (Lipinski definition) is 1. The molecule has 0 unspecified atom stereocenters. The lowest BCUT2D eigenvalue weighted by atomic mass is 10.2. The molecule has 100 valence electrons. The summed E-state index contributed by atoms with van der Waals surface area (Å²) in [6, 6.07) is 9.37. The number of furan rings is 1. The van der Waals surface area contributed by atoms with E-state index in [9.17, 15) is 4.79 Å². The molecule has 2 aromatic rings. The average Bonchev–Trinajstić information content (AvgIpc) is 2.88. The highest BCUT2D eigenvalue weighted by Crippen LogP contribution is 2.21. The Morgan fingerprint density at radius 2 is 2.16 bits per heavy atom. The molecule has 1 heterocycles. The summed E-state index contributed by atoms with van der Waals surface area (Å²) in [5, 5.41) is 3.22. The standard InChI is InChI=1S/C14H14BrNO3/c1-9-3-4-10(7-12(9)15)16-8-11-5-6-13(19-11)14(17)18-2/h3-7,16H,8H2,1-2H3. The minimum atomic E-state index is -0.468. The third kappa shape index (κ3) is 3.38. The van der Waals surface area contributed by atoms with Gasteiger partial charge in [0.2, 0.25) is 5.76 Å². The number of ether oxygens (including phenoxy) is 1. The first-order chi connectivity index (χ1) is 9.10. The highest BCUT2D eigenvalue weighted by molar-refractivity contribution is 9.10. The van der Waals surface area contributed by atoms with Gasteiger partial charge in [0.05, 0.1) is 13.7 Å². The second kappa shape index (κ2) is 5.93. The van der Waals surface area contributed by atoms with Crippen LogP contribution in [0.3, 0.4) is 0 Å². The highest BCUT2D eigenvalue weighted by atomic mass is 79.9. The first-order valence-electron chi connectivity index (χ1n) is 5.77.